The van der Waals surface area contributed by atoms with Gasteiger partial charge in [-0.25, -0.2) is 0 Å². The molecule has 0 spiro atoms. The Hall–Kier alpha value is 2.32. The Labute approximate surface area is 89.1 Å². The predicted octanol–water partition coefficient (Wildman–Crippen LogP) is -6.51. The molecule has 1 unspecified atom stereocenters. The van der Waals surface area contributed by atoms with E-state index in [0.717, 1.165) is 0 Å². The van der Waals surface area contributed by atoms with E-state index in [-0.39, 0.29) is 62.0 Å². The van der Waals surface area contributed by atoms with Crippen LogP contribution in [0.1, 0.15) is 2.85 Å². The van der Waals surface area contributed by atoms with Crippen LogP contribution in [0, 0.1) is 0 Å². The quantitative estimate of drug-likeness (QED) is 0.369. The van der Waals surface area contributed by atoms with Crippen molar-refractivity contribution < 1.29 is 69.8 Å². The molecule has 0 heterocycles. The van der Waals surface area contributed by atoms with Gasteiger partial charge < -0.3 is 2.85 Å². The fourth-order valence-electron chi connectivity index (χ4n) is 0. The topological polar surface area (TPSA) is 37.3 Å². The minimum atomic E-state index is -2.58. The first-order chi connectivity index (χ1) is 1.73. The molecule has 30 valence electrons. The first kappa shape index (κ1) is 15.8. The second-order valence-electron chi connectivity index (χ2n) is 0.519. The van der Waals surface area contributed by atoms with Gasteiger partial charge in [-0.3, -0.25) is 0 Å². The van der Waals surface area contributed by atoms with Crippen LogP contribution >= 0.6 is 0 Å². The van der Waals surface area contributed by atoms with Crippen LogP contribution in [0.4, 0.5) is 0 Å². The Morgan fingerprint density at radius 3 is 1.67 bits per heavy atom. The molecular weight excluding hydrogens is 165 g/mol. The van der Waals surface area contributed by atoms with Gasteiger partial charge in [-0.1, -0.05) is 0 Å². The SMILES string of the molecule is C[AsH](=O)O.[H-].[H-].[Na+].[Na+]. The second kappa shape index (κ2) is 10.3. The van der Waals surface area contributed by atoms with Crippen LogP contribution in [0.5, 0.6) is 0 Å². The summed E-state index contributed by atoms with van der Waals surface area (Å²) in [6.45, 7) is 0. The third-order valence-electron chi connectivity index (χ3n) is 0. The molecule has 6 heavy (non-hydrogen) atoms. The average Bonchev–Trinajstić information content (AvgIpc) is 0.811. The van der Waals surface area contributed by atoms with Gasteiger partial charge in [-0.05, 0) is 0 Å². The molecule has 0 saturated carbocycles. The van der Waals surface area contributed by atoms with Crippen LogP contribution in [0.15, 0.2) is 0 Å². The Morgan fingerprint density at radius 2 is 1.67 bits per heavy atom. The Kier molecular flexibility index (Phi) is 27.1. The molecule has 2 nitrogen and oxygen atoms in total. The van der Waals surface area contributed by atoms with Crippen molar-refractivity contribution in [3.8, 4) is 0 Å². The van der Waals surface area contributed by atoms with E-state index in [2.05, 4.69) is 0 Å². The minimum Gasteiger partial charge on any atom is -1.00 e. The third-order valence-corrected chi connectivity index (χ3v) is 0. The Morgan fingerprint density at radius 1 is 1.67 bits per heavy atom. The van der Waals surface area contributed by atoms with Crippen molar-refractivity contribution in [2.24, 2.45) is 0 Å². The summed E-state index contributed by atoms with van der Waals surface area (Å²) in [7, 11) is 0. The van der Waals surface area contributed by atoms with E-state index in [0.29, 0.717) is 0 Å². The van der Waals surface area contributed by atoms with E-state index < -0.39 is 14.9 Å². The zero-order valence-electron chi connectivity index (χ0n) is 6.36. The molecule has 0 aliphatic heterocycles. The van der Waals surface area contributed by atoms with Crippen molar-refractivity contribution in [3.05, 3.63) is 0 Å². The van der Waals surface area contributed by atoms with Gasteiger partial charge in [0.05, 0.1) is 0 Å². The van der Waals surface area contributed by atoms with Gasteiger partial charge in [0.25, 0.3) is 0 Å². The Balaban J connectivity index is -0.00000000750. The van der Waals surface area contributed by atoms with Gasteiger partial charge in [0, 0.05) is 0 Å². The maximum absolute atomic E-state index is 9.25. The van der Waals surface area contributed by atoms with Crippen LogP contribution in [0.25, 0.3) is 0 Å². The number of hydrogen-bond donors (Lipinski definition) is 1. The molecule has 0 aromatic rings. The van der Waals surface area contributed by atoms with E-state index in [4.69, 9.17) is 4.10 Å². The molecule has 0 rings (SSSR count). The van der Waals surface area contributed by atoms with Crippen molar-refractivity contribution in [1.82, 2.24) is 0 Å². The molecule has 1 atom stereocenters. The predicted molar refractivity (Wildman–Crippen MR) is 18.1 cm³/mol. The average molecular weight is 172 g/mol. The maximum Gasteiger partial charge on any atom is 1.00 e. The smallest absolute Gasteiger partial charge is 1.00 e. The minimum absolute atomic E-state index is 0. The van der Waals surface area contributed by atoms with Gasteiger partial charge in [-0.2, -0.15) is 0 Å². The molecule has 5 heteroatoms. The van der Waals surface area contributed by atoms with E-state index in [1.165, 1.54) is 5.71 Å². The van der Waals surface area contributed by atoms with E-state index in [9.17, 15) is 3.74 Å². The summed E-state index contributed by atoms with van der Waals surface area (Å²) < 4.78 is 16.9. The fraction of sp³-hybridized carbons (Fsp3) is 1.00. The van der Waals surface area contributed by atoms with E-state index >= 15 is 0 Å². The van der Waals surface area contributed by atoms with Crippen LogP contribution < -0.4 is 59.1 Å². The van der Waals surface area contributed by atoms with Crippen LogP contribution in [-0.4, -0.2) is 19.0 Å². The first-order valence-corrected chi connectivity index (χ1v) is 4.82. The molecule has 0 bridgehead atoms. The summed E-state index contributed by atoms with van der Waals surface area (Å²) in [4.78, 5) is 0. The monoisotopic (exact) mass is 172 g/mol. The van der Waals surface area contributed by atoms with Gasteiger partial charge in [0.2, 0.25) is 0 Å². The van der Waals surface area contributed by atoms with Crippen LogP contribution in [0.3, 0.4) is 0 Å². The zero-order chi connectivity index (χ0) is 3.58. The largest absolute Gasteiger partial charge is 1.00 e. The van der Waals surface area contributed by atoms with Crippen molar-refractivity contribution >= 4 is 14.9 Å². The van der Waals surface area contributed by atoms with Crippen molar-refractivity contribution in [2.45, 2.75) is 5.71 Å². The summed E-state index contributed by atoms with van der Waals surface area (Å²) in [5.41, 5.74) is 1.33. The third kappa shape index (κ3) is 33.2. The summed E-state index contributed by atoms with van der Waals surface area (Å²) in [5.74, 6) is 0. The van der Waals surface area contributed by atoms with Gasteiger partial charge in [0.1, 0.15) is 0 Å². The van der Waals surface area contributed by atoms with Gasteiger partial charge in [-0.15, -0.1) is 0 Å². The summed E-state index contributed by atoms with van der Waals surface area (Å²) in [6.07, 6.45) is 0. The molecule has 0 aromatic heterocycles. The fourth-order valence-corrected chi connectivity index (χ4v) is 0. The molecule has 0 aliphatic rings. The number of rotatable bonds is 0. The molecule has 0 saturated heterocycles. The molecule has 0 aliphatic carbocycles. The van der Waals surface area contributed by atoms with Gasteiger partial charge >= 0.3 is 87.6 Å². The summed E-state index contributed by atoms with van der Waals surface area (Å²) in [6, 6.07) is 0. The van der Waals surface area contributed by atoms with E-state index in [1.54, 1.807) is 0 Å². The Bertz CT molecular complexity index is 41.0. The normalized spacial score (nSPS) is 10.3. The van der Waals surface area contributed by atoms with Crippen LogP contribution in [0.2, 0.25) is 5.71 Å². The first-order valence-electron chi connectivity index (χ1n) is 0.928. The second-order valence-corrected chi connectivity index (χ2v) is 2.70. The van der Waals surface area contributed by atoms with Crippen molar-refractivity contribution in [2.75, 3.05) is 0 Å². The van der Waals surface area contributed by atoms with Crippen molar-refractivity contribution in [3.63, 3.8) is 0 Å². The molecular formula is CH7AsNa2O2. The van der Waals surface area contributed by atoms with Crippen molar-refractivity contribution in [1.29, 1.82) is 0 Å². The standard InChI is InChI=1S/CH5AsO2.2Na.2H/c1-2(3)4;;;;/h2H,1H3,(H,3,4);;;;/q;2*+1;2*-1. The maximum atomic E-state index is 9.25. The van der Waals surface area contributed by atoms with E-state index in [1.807, 2.05) is 0 Å². The molecule has 0 radical (unpaired) electrons. The summed E-state index contributed by atoms with van der Waals surface area (Å²) in [5, 5.41) is 0. The molecule has 0 fully saturated rings. The summed E-state index contributed by atoms with van der Waals surface area (Å²) >= 11 is -2.58. The zero-order valence-corrected chi connectivity index (χ0v) is 10.5. The molecule has 0 amide bonds. The van der Waals surface area contributed by atoms with Crippen LogP contribution in [-0.2, 0) is 3.74 Å². The van der Waals surface area contributed by atoms with Gasteiger partial charge in [0.15, 0.2) is 0 Å². The number of hydrogen-bond acceptors (Lipinski definition) is 1. The molecule has 0 aromatic carbocycles. The molecule has 1 N–H and O–H groups in total.